The SMILES string of the molecule is COc1ccc(CNCc2cccc(Cl)c2Cl)cc1. The van der Waals surface area contributed by atoms with Crippen LogP contribution in [0.5, 0.6) is 5.75 Å². The van der Waals surface area contributed by atoms with E-state index in [4.69, 9.17) is 27.9 Å². The molecule has 0 saturated heterocycles. The Morgan fingerprint density at radius 2 is 1.74 bits per heavy atom. The first-order valence-corrected chi connectivity index (χ1v) is 6.73. The van der Waals surface area contributed by atoms with Crippen LogP contribution in [0, 0.1) is 0 Å². The van der Waals surface area contributed by atoms with E-state index >= 15 is 0 Å². The smallest absolute Gasteiger partial charge is 0.118 e. The Morgan fingerprint density at radius 3 is 2.42 bits per heavy atom. The quantitative estimate of drug-likeness (QED) is 0.888. The molecular weight excluding hydrogens is 281 g/mol. The van der Waals surface area contributed by atoms with Gasteiger partial charge in [-0.25, -0.2) is 0 Å². The molecule has 0 unspecified atom stereocenters. The van der Waals surface area contributed by atoms with E-state index in [-0.39, 0.29) is 0 Å². The molecule has 0 aliphatic carbocycles. The number of benzene rings is 2. The largest absolute Gasteiger partial charge is 0.497 e. The second-order valence-corrected chi connectivity index (χ2v) is 4.95. The molecule has 0 fully saturated rings. The molecular formula is C15H15Cl2NO. The number of rotatable bonds is 5. The summed E-state index contributed by atoms with van der Waals surface area (Å²) in [5, 5.41) is 4.54. The maximum absolute atomic E-state index is 6.13. The minimum Gasteiger partial charge on any atom is -0.497 e. The Balaban J connectivity index is 1.90. The van der Waals surface area contributed by atoms with Gasteiger partial charge in [-0.1, -0.05) is 47.5 Å². The van der Waals surface area contributed by atoms with Crippen molar-refractivity contribution in [1.29, 1.82) is 0 Å². The van der Waals surface area contributed by atoms with Gasteiger partial charge >= 0.3 is 0 Å². The van der Waals surface area contributed by atoms with Crippen molar-refractivity contribution in [2.75, 3.05) is 7.11 Å². The number of hydrogen-bond acceptors (Lipinski definition) is 2. The van der Waals surface area contributed by atoms with Crippen molar-refractivity contribution in [1.82, 2.24) is 5.32 Å². The van der Waals surface area contributed by atoms with Gasteiger partial charge in [0, 0.05) is 13.1 Å². The van der Waals surface area contributed by atoms with E-state index < -0.39 is 0 Å². The molecule has 2 nitrogen and oxygen atoms in total. The van der Waals surface area contributed by atoms with Crippen LogP contribution in [0.25, 0.3) is 0 Å². The molecule has 4 heteroatoms. The van der Waals surface area contributed by atoms with Gasteiger partial charge in [0.05, 0.1) is 17.2 Å². The molecule has 2 aromatic carbocycles. The Hall–Kier alpha value is -1.22. The Kier molecular flexibility index (Phi) is 5.08. The molecule has 0 aliphatic heterocycles. The van der Waals surface area contributed by atoms with Crippen LogP contribution < -0.4 is 10.1 Å². The van der Waals surface area contributed by atoms with Crippen LogP contribution >= 0.6 is 23.2 Å². The predicted molar refractivity (Wildman–Crippen MR) is 80.0 cm³/mol. The third-order valence-corrected chi connectivity index (χ3v) is 3.69. The van der Waals surface area contributed by atoms with Crippen LogP contribution in [-0.4, -0.2) is 7.11 Å². The van der Waals surface area contributed by atoms with Gasteiger partial charge in [0.25, 0.3) is 0 Å². The highest BCUT2D eigenvalue weighted by molar-refractivity contribution is 6.42. The lowest BCUT2D eigenvalue weighted by molar-refractivity contribution is 0.414. The fraction of sp³-hybridized carbons (Fsp3) is 0.200. The molecule has 19 heavy (non-hydrogen) atoms. The lowest BCUT2D eigenvalue weighted by Crippen LogP contribution is -2.12. The topological polar surface area (TPSA) is 21.3 Å². The lowest BCUT2D eigenvalue weighted by Gasteiger charge is -2.08. The summed E-state index contributed by atoms with van der Waals surface area (Å²) in [6, 6.07) is 13.6. The first-order valence-electron chi connectivity index (χ1n) is 5.97. The minimum absolute atomic E-state index is 0.588. The molecule has 1 N–H and O–H groups in total. The van der Waals surface area contributed by atoms with Gasteiger partial charge in [0.2, 0.25) is 0 Å². The van der Waals surface area contributed by atoms with Gasteiger partial charge in [-0.3, -0.25) is 0 Å². The molecule has 0 radical (unpaired) electrons. The maximum Gasteiger partial charge on any atom is 0.118 e. The Bertz CT molecular complexity index is 540. The van der Waals surface area contributed by atoms with Crippen molar-refractivity contribution >= 4 is 23.2 Å². The van der Waals surface area contributed by atoms with Gasteiger partial charge in [-0.2, -0.15) is 0 Å². The van der Waals surface area contributed by atoms with Crippen LogP contribution in [-0.2, 0) is 13.1 Å². The number of hydrogen-bond donors (Lipinski definition) is 1. The summed E-state index contributed by atoms with van der Waals surface area (Å²) in [7, 11) is 1.66. The van der Waals surface area contributed by atoms with Crippen molar-refractivity contribution in [3.05, 3.63) is 63.6 Å². The summed E-state index contributed by atoms with van der Waals surface area (Å²) >= 11 is 12.1. The molecule has 0 aliphatic rings. The fourth-order valence-electron chi connectivity index (χ4n) is 1.77. The van der Waals surface area contributed by atoms with Gasteiger partial charge in [0.1, 0.15) is 5.75 Å². The monoisotopic (exact) mass is 295 g/mol. The first kappa shape index (κ1) is 14.2. The third-order valence-electron chi connectivity index (χ3n) is 2.84. The van der Waals surface area contributed by atoms with Crippen molar-refractivity contribution in [3.63, 3.8) is 0 Å². The predicted octanol–water partition coefficient (Wildman–Crippen LogP) is 4.29. The summed E-state index contributed by atoms with van der Waals surface area (Å²) < 4.78 is 5.12. The van der Waals surface area contributed by atoms with E-state index in [1.807, 2.05) is 36.4 Å². The summed E-state index contributed by atoms with van der Waals surface area (Å²) in [6.07, 6.45) is 0. The number of halogens is 2. The van der Waals surface area contributed by atoms with Gasteiger partial charge in [0.15, 0.2) is 0 Å². The van der Waals surface area contributed by atoms with Crippen molar-refractivity contribution in [3.8, 4) is 5.75 Å². The number of nitrogens with one attached hydrogen (secondary N) is 1. The van der Waals surface area contributed by atoms with E-state index in [1.54, 1.807) is 13.2 Å². The molecule has 0 saturated carbocycles. The summed E-state index contributed by atoms with van der Waals surface area (Å²) in [5.41, 5.74) is 2.20. The van der Waals surface area contributed by atoms with Crippen LogP contribution in [0.3, 0.4) is 0 Å². The zero-order chi connectivity index (χ0) is 13.7. The third kappa shape index (κ3) is 3.87. The van der Waals surface area contributed by atoms with Gasteiger partial charge in [-0.15, -0.1) is 0 Å². The highest BCUT2D eigenvalue weighted by Gasteiger charge is 2.03. The van der Waals surface area contributed by atoms with E-state index in [0.29, 0.717) is 16.6 Å². The first-order chi connectivity index (χ1) is 9.20. The standard InChI is InChI=1S/C15H15Cl2NO/c1-19-13-7-5-11(6-8-13)9-18-10-12-3-2-4-14(16)15(12)17/h2-8,18H,9-10H2,1H3. The summed E-state index contributed by atoms with van der Waals surface area (Å²) in [5.74, 6) is 0.863. The second-order valence-electron chi connectivity index (χ2n) is 4.16. The van der Waals surface area contributed by atoms with E-state index in [2.05, 4.69) is 5.32 Å². The molecule has 2 aromatic rings. The number of methoxy groups -OCH3 is 1. The van der Waals surface area contributed by atoms with E-state index in [1.165, 1.54) is 5.56 Å². The number of ether oxygens (including phenoxy) is 1. The molecule has 2 rings (SSSR count). The van der Waals surface area contributed by atoms with Crippen LogP contribution in [0.1, 0.15) is 11.1 Å². The van der Waals surface area contributed by atoms with E-state index in [9.17, 15) is 0 Å². The maximum atomic E-state index is 6.13. The Labute approximate surface area is 123 Å². The molecule has 0 atom stereocenters. The average molecular weight is 296 g/mol. The van der Waals surface area contributed by atoms with Crippen molar-refractivity contribution in [2.24, 2.45) is 0 Å². The fourth-order valence-corrected chi connectivity index (χ4v) is 2.16. The van der Waals surface area contributed by atoms with Gasteiger partial charge < -0.3 is 10.1 Å². The molecule has 0 bridgehead atoms. The van der Waals surface area contributed by atoms with Crippen LogP contribution in [0.2, 0.25) is 10.0 Å². The summed E-state index contributed by atoms with van der Waals surface area (Å²) in [4.78, 5) is 0. The van der Waals surface area contributed by atoms with Gasteiger partial charge in [-0.05, 0) is 29.3 Å². The summed E-state index contributed by atoms with van der Waals surface area (Å²) in [6.45, 7) is 1.46. The highest BCUT2D eigenvalue weighted by Crippen LogP contribution is 2.25. The highest BCUT2D eigenvalue weighted by atomic mass is 35.5. The normalized spacial score (nSPS) is 10.5. The average Bonchev–Trinajstić information content (AvgIpc) is 2.44. The van der Waals surface area contributed by atoms with Crippen LogP contribution in [0.15, 0.2) is 42.5 Å². The van der Waals surface area contributed by atoms with Crippen molar-refractivity contribution in [2.45, 2.75) is 13.1 Å². The van der Waals surface area contributed by atoms with E-state index in [0.717, 1.165) is 17.9 Å². The molecule has 0 aromatic heterocycles. The molecule has 100 valence electrons. The second kappa shape index (κ2) is 6.80. The molecule has 0 spiro atoms. The Morgan fingerprint density at radius 1 is 1.00 bits per heavy atom. The molecule has 0 amide bonds. The zero-order valence-corrected chi connectivity index (χ0v) is 12.1. The molecule has 0 heterocycles. The van der Waals surface area contributed by atoms with Crippen molar-refractivity contribution < 1.29 is 4.74 Å². The lowest BCUT2D eigenvalue weighted by atomic mass is 10.2. The minimum atomic E-state index is 0.588. The van der Waals surface area contributed by atoms with Crippen LogP contribution in [0.4, 0.5) is 0 Å². The zero-order valence-electron chi connectivity index (χ0n) is 10.6.